The zero-order valence-corrected chi connectivity index (χ0v) is 18.8. The highest BCUT2D eigenvalue weighted by Crippen LogP contribution is 2.39. The van der Waals surface area contributed by atoms with Gasteiger partial charge >= 0.3 is 0 Å². The van der Waals surface area contributed by atoms with E-state index in [1.165, 1.54) is 22.7 Å². The summed E-state index contributed by atoms with van der Waals surface area (Å²) >= 11 is 9.78. The molecule has 0 saturated carbocycles. The highest BCUT2D eigenvalue weighted by molar-refractivity contribution is 9.13. The molecule has 0 aliphatic carbocycles. The first-order valence-electron chi connectivity index (χ1n) is 7.86. The first-order valence-corrected chi connectivity index (χ1v) is 11.1. The van der Waals surface area contributed by atoms with E-state index in [4.69, 9.17) is 4.74 Å². The topological polar surface area (TPSA) is 42.4 Å². The molecule has 0 aliphatic rings. The second kappa shape index (κ2) is 7.71. The fourth-order valence-corrected chi connectivity index (χ4v) is 5.53. The van der Waals surface area contributed by atoms with Gasteiger partial charge in [0.2, 0.25) is 0 Å². The number of ether oxygens (including phenoxy) is 1. The Morgan fingerprint density at radius 1 is 1.07 bits per heavy atom. The van der Waals surface area contributed by atoms with Gasteiger partial charge in [0, 0.05) is 10.5 Å². The summed E-state index contributed by atoms with van der Waals surface area (Å²) in [5, 5.41) is 0.620. The number of thiophene rings is 1. The quantitative estimate of drug-likeness (QED) is 0.293. The Morgan fingerprint density at radius 2 is 1.89 bits per heavy atom. The minimum Gasteiger partial charge on any atom is -0.497 e. The number of nitrogens with zero attached hydrogens (tertiary/aromatic N) is 2. The van der Waals surface area contributed by atoms with Crippen LogP contribution in [0.15, 0.2) is 62.9 Å². The second-order valence-electron chi connectivity index (χ2n) is 5.54. The van der Waals surface area contributed by atoms with Gasteiger partial charge in [-0.15, -0.1) is 11.3 Å². The van der Waals surface area contributed by atoms with Gasteiger partial charge in [-0.1, -0.05) is 29.5 Å². The molecule has 0 unspecified atom stereocenters. The van der Waals surface area contributed by atoms with E-state index in [-0.39, 0.29) is 5.91 Å². The van der Waals surface area contributed by atoms with Crippen molar-refractivity contribution in [3.05, 3.63) is 67.7 Å². The summed E-state index contributed by atoms with van der Waals surface area (Å²) in [6.07, 6.45) is 0. The number of carbonyl (C=O) groups excluding carboxylic acids is 1. The molecule has 4 rings (SSSR count). The summed E-state index contributed by atoms with van der Waals surface area (Å²) < 4.78 is 8.10. The van der Waals surface area contributed by atoms with Crippen LogP contribution in [0.3, 0.4) is 0 Å². The summed E-state index contributed by atoms with van der Waals surface area (Å²) in [6, 6.07) is 17.1. The number of carbonyl (C=O) groups is 1. The fraction of sp³-hybridized carbons (Fsp3) is 0.0526. The van der Waals surface area contributed by atoms with E-state index in [0.29, 0.717) is 21.4 Å². The Bertz CT molecular complexity index is 1090. The van der Waals surface area contributed by atoms with Gasteiger partial charge < -0.3 is 4.74 Å². The third-order valence-electron chi connectivity index (χ3n) is 3.84. The maximum atomic E-state index is 13.4. The molecule has 0 N–H and O–H groups in total. The Labute approximate surface area is 180 Å². The average molecular weight is 524 g/mol. The zero-order chi connectivity index (χ0) is 19.0. The standard InChI is InChI=1S/C19H12Br2N2O2S2/c1-25-12-6-4-5-11(9-12)23(18(24)16-10-13(20)17(21)26-16)19-22-14-7-2-3-8-15(14)27-19/h2-10H,1H3. The van der Waals surface area contributed by atoms with E-state index in [1.54, 1.807) is 12.0 Å². The summed E-state index contributed by atoms with van der Waals surface area (Å²) in [4.78, 5) is 20.3. The average Bonchev–Trinajstić information content (AvgIpc) is 3.25. The third-order valence-corrected chi connectivity index (χ3v) is 8.11. The van der Waals surface area contributed by atoms with Crippen molar-refractivity contribution in [1.29, 1.82) is 0 Å². The Kier molecular flexibility index (Phi) is 5.32. The predicted molar refractivity (Wildman–Crippen MR) is 119 cm³/mol. The molecule has 0 saturated heterocycles. The molecule has 2 aromatic heterocycles. The molecule has 0 radical (unpaired) electrons. The molecule has 8 heteroatoms. The van der Waals surface area contributed by atoms with Crippen molar-refractivity contribution in [3.8, 4) is 5.75 Å². The number of anilines is 2. The maximum absolute atomic E-state index is 13.4. The van der Waals surface area contributed by atoms with Crippen LogP contribution in [0.25, 0.3) is 10.2 Å². The number of amides is 1. The van der Waals surface area contributed by atoms with Gasteiger partial charge in [0.1, 0.15) is 5.75 Å². The molecule has 0 bridgehead atoms. The summed E-state index contributed by atoms with van der Waals surface area (Å²) in [6.45, 7) is 0. The molecule has 0 aliphatic heterocycles. The first kappa shape index (κ1) is 18.6. The van der Waals surface area contributed by atoms with E-state index in [9.17, 15) is 4.79 Å². The van der Waals surface area contributed by atoms with Crippen LogP contribution in [-0.4, -0.2) is 18.0 Å². The molecule has 0 spiro atoms. The highest BCUT2D eigenvalue weighted by atomic mass is 79.9. The highest BCUT2D eigenvalue weighted by Gasteiger charge is 2.25. The lowest BCUT2D eigenvalue weighted by Gasteiger charge is -2.19. The molecule has 2 aromatic carbocycles. The van der Waals surface area contributed by atoms with Gasteiger partial charge in [0.05, 0.1) is 31.7 Å². The monoisotopic (exact) mass is 522 g/mol. The molecular weight excluding hydrogens is 512 g/mol. The first-order chi connectivity index (χ1) is 13.1. The number of hydrogen-bond acceptors (Lipinski definition) is 5. The largest absolute Gasteiger partial charge is 0.497 e. The van der Waals surface area contributed by atoms with Crippen LogP contribution in [-0.2, 0) is 0 Å². The van der Waals surface area contributed by atoms with Crippen molar-refractivity contribution in [3.63, 3.8) is 0 Å². The number of hydrogen-bond donors (Lipinski definition) is 0. The number of fused-ring (bicyclic) bond motifs is 1. The summed E-state index contributed by atoms with van der Waals surface area (Å²) in [7, 11) is 1.61. The lowest BCUT2D eigenvalue weighted by Crippen LogP contribution is -2.25. The van der Waals surface area contributed by atoms with Crippen LogP contribution < -0.4 is 9.64 Å². The number of aromatic nitrogens is 1. The van der Waals surface area contributed by atoms with Gasteiger partial charge in [-0.25, -0.2) is 4.98 Å². The maximum Gasteiger partial charge on any atom is 0.274 e. The number of halogens is 2. The number of para-hydroxylation sites is 1. The molecular formula is C19H12Br2N2O2S2. The van der Waals surface area contributed by atoms with Crippen LogP contribution in [0, 0.1) is 0 Å². The number of rotatable bonds is 4. The summed E-state index contributed by atoms with van der Waals surface area (Å²) in [5.41, 5.74) is 1.57. The normalized spacial score (nSPS) is 10.9. The van der Waals surface area contributed by atoms with Crippen LogP contribution in [0.2, 0.25) is 0 Å². The van der Waals surface area contributed by atoms with Crippen LogP contribution in [0.4, 0.5) is 10.8 Å². The lowest BCUT2D eigenvalue weighted by atomic mass is 10.2. The second-order valence-corrected chi connectivity index (χ2v) is 9.77. The van der Waals surface area contributed by atoms with Crippen LogP contribution >= 0.6 is 54.5 Å². The van der Waals surface area contributed by atoms with Crippen molar-refractivity contribution in [2.75, 3.05) is 12.0 Å². The Hall–Kier alpha value is -1.74. The Morgan fingerprint density at radius 3 is 2.59 bits per heavy atom. The molecule has 136 valence electrons. The van der Waals surface area contributed by atoms with E-state index < -0.39 is 0 Å². The Balaban J connectivity index is 1.87. The van der Waals surface area contributed by atoms with Gasteiger partial charge in [-0.05, 0) is 62.2 Å². The van der Waals surface area contributed by atoms with Crippen molar-refractivity contribution in [2.24, 2.45) is 0 Å². The predicted octanol–water partition coefficient (Wildman–Crippen LogP) is 6.87. The number of benzene rings is 2. The molecule has 0 atom stereocenters. The van der Waals surface area contributed by atoms with Crippen molar-refractivity contribution >= 4 is 81.5 Å². The molecule has 2 heterocycles. The number of thiazole rings is 1. The van der Waals surface area contributed by atoms with Crippen molar-refractivity contribution in [2.45, 2.75) is 0 Å². The van der Waals surface area contributed by atoms with Gasteiger partial charge in [-0.3, -0.25) is 9.69 Å². The van der Waals surface area contributed by atoms with Gasteiger partial charge in [0.25, 0.3) is 5.91 Å². The van der Waals surface area contributed by atoms with Gasteiger partial charge in [-0.2, -0.15) is 0 Å². The van der Waals surface area contributed by atoms with Crippen LogP contribution in [0.1, 0.15) is 9.67 Å². The molecule has 4 aromatic rings. The molecule has 1 amide bonds. The van der Waals surface area contributed by atoms with E-state index in [1.807, 2.05) is 54.6 Å². The molecule has 4 nitrogen and oxygen atoms in total. The van der Waals surface area contributed by atoms with E-state index in [0.717, 1.165) is 18.5 Å². The van der Waals surface area contributed by atoms with Crippen molar-refractivity contribution < 1.29 is 9.53 Å². The molecule has 0 fully saturated rings. The minimum absolute atomic E-state index is 0.140. The van der Waals surface area contributed by atoms with Gasteiger partial charge in [0.15, 0.2) is 5.13 Å². The zero-order valence-electron chi connectivity index (χ0n) is 14.0. The third kappa shape index (κ3) is 3.67. The smallest absolute Gasteiger partial charge is 0.274 e. The lowest BCUT2D eigenvalue weighted by molar-refractivity contribution is 0.100. The molecule has 27 heavy (non-hydrogen) atoms. The summed E-state index contributed by atoms with van der Waals surface area (Å²) in [5.74, 6) is 0.540. The van der Waals surface area contributed by atoms with E-state index in [2.05, 4.69) is 36.8 Å². The fourth-order valence-electron chi connectivity index (χ4n) is 2.58. The van der Waals surface area contributed by atoms with E-state index >= 15 is 0 Å². The SMILES string of the molecule is COc1cccc(N(C(=O)c2cc(Br)c(Br)s2)c2nc3ccccc3s2)c1. The minimum atomic E-state index is -0.140. The van der Waals surface area contributed by atoms with Crippen LogP contribution in [0.5, 0.6) is 5.75 Å². The van der Waals surface area contributed by atoms with Crippen molar-refractivity contribution in [1.82, 2.24) is 4.98 Å². The number of methoxy groups -OCH3 is 1.